The quantitative estimate of drug-likeness (QED) is 0.127. The lowest BCUT2D eigenvalue weighted by atomic mass is 9.80. The number of hydrogen-bond donors (Lipinski definition) is 4. The van der Waals surface area contributed by atoms with E-state index in [-0.39, 0.29) is 17.2 Å². The maximum atomic E-state index is 11.8. The maximum Gasteiger partial charge on any atom is 0.488 e. The number of carbonyl (C=O) groups excluding carboxylic acids is 2. The summed E-state index contributed by atoms with van der Waals surface area (Å²) in [5, 5.41) is 29.7. The predicted octanol–water partition coefficient (Wildman–Crippen LogP) is 0.00340. The van der Waals surface area contributed by atoms with Gasteiger partial charge < -0.3 is 35.0 Å². The molecule has 0 saturated carbocycles. The number of nitrogens with zero attached hydrogens (tertiary/aromatic N) is 6. The third-order valence-corrected chi connectivity index (χ3v) is 7.19. The van der Waals surface area contributed by atoms with Gasteiger partial charge in [-0.05, 0) is 28.7 Å². The standard InChI is InChI=1S/C16H16BN3O3.C15H14BN4O2.H2O/c1-2-16(21)13-7-15-14(8-18-13)19-10-20(15)9-11-3-5-12(6-4-11)17(22)23;1-17-15(21)13-6-12-14(7-18-13)20(9-19-12)8-10-2-4-11(16-22)5-3-10;/h3-8,10,22-23H,2,9H2,1H3;2-7,9,22H,8H2,1H3,(H,17,21);1H2. The minimum absolute atomic E-state index is 0. The number of pyridine rings is 2. The van der Waals surface area contributed by atoms with E-state index in [1.54, 1.807) is 56.4 Å². The van der Waals surface area contributed by atoms with E-state index in [2.05, 4.69) is 25.3 Å². The molecule has 0 atom stereocenters. The average molecular weight is 620 g/mol. The Morgan fingerprint density at radius 2 is 1.39 bits per heavy atom. The highest BCUT2D eigenvalue weighted by Gasteiger charge is 2.13. The topological polar surface area (TPSA) is 200 Å². The SMILES string of the molecule is CCC(=O)c1cc2c(cn1)ncn2Cc1ccc(B(O)O)cc1.CNC(=O)c1cc2ncn(Cc3ccc([B]O)cc3)c2cn1.O. The molecule has 0 saturated heterocycles. The van der Waals surface area contributed by atoms with Gasteiger partial charge in [-0.25, -0.2) is 15.0 Å². The Bertz CT molecular complexity index is 1940. The number of nitrogens with one attached hydrogen (secondary N) is 1. The lowest BCUT2D eigenvalue weighted by Gasteiger charge is -2.06. The van der Waals surface area contributed by atoms with Crippen LogP contribution in [0, 0.1) is 0 Å². The van der Waals surface area contributed by atoms with Gasteiger partial charge >= 0.3 is 14.6 Å². The monoisotopic (exact) mass is 620 g/mol. The number of aromatic nitrogens is 6. The summed E-state index contributed by atoms with van der Waals surface area (Å²) in [6.07, 6.45) is 7.12. The summed E-state index contributed by atoms with van der Waals surface area (Å²) in [5.74, 6) is -0.228. The summed E-state index contributed by atoms with van der Waals surface area (Å²) in [6.45, 7) is 3.02. The molecule has 0 unspecified atom stereocenters. The van der Waals surface area contributed by atoms with Gasteiger partial charge in [-0.3, -0.25) is 14.6 Å². The highest BCUT2D eigenvalue weighted by atomic mass is 16.4. The maximum absolute atomic E-state index is 11.8. The lowest BCUT2D eigenvalue weighted by molar-refractivity contribution is 0.0956. The molecule has 2 aromatic carbocycles. The third-order valence-electron chi connectivity index (χ3n) is 7.19. The molecule has 233 valence electrons. The van der Waals surface area contributed by atoms with Crippen molar-refractivity contribution in [2.45, 2.75) is 26.4 Å². The Morgan fingerprint density at radius 1 is 0.804 bits per heavy atom. The van der Waals surface area contributed by atoms with Crippen molar-refractivity contribution in [2.24, 2.45) is 0 Å². The van der Waals surface area contributed by atoms with E-state index < -0.39 is 7.12 Å². The normalized spacial score (nSPS) is 10.5. The zero-order valence-corrected chi connectivity index (χ0v) is 25.2. The molecule has 0 aliphatic heterocycles. The summed E-state index contributed by atoms with van der Waals surface area (Å²) >= 11 is 0. The fourth-order valence-electron chi connectivity index (χ4n) is 4.65. The molecule has 0 aliphatic rings. The second-order valence-electron chi connectivity index (χ2n) is 10.2. The van der Waals surface area contributed by atoms with Crippen LogP contribution in [0.15, 0.2) is 85.7 Å². The van der Waals surface area contributed by atoms with Crippen molar-refractivity contribution in [3.8, 4) is 0 Å². The molecule has 46 heavy (non-hydrogen) atoms. The first-order valence-corrected chi connectivity index (χ1v) is 14.2. The van der Waals surface area contributed by atoms with Crippen molar-refractivity contribution in [3.05, 3.63) is 108 Å². The van der Waals surface area contributed by atoms with Crippen molar-refractivity contribution in [3.63, 3.8) is 0 Å². The molecule has 15 heteroatoms. The summed E-state index contributed by atoms with van der Waals surface area (Å²) in [5.41, 5.74) is 7.26. The molecule has 6 aromatic rings. The first kappa shape index (κ1) is 33.7. The first-order valence-electron chi connectivity index (χ1n) is 14.2. The second kappa shape index (κ2) is 15.2. The zero-order valence-electron chi connectivity index (χ0n) is 25.2. The van der Waals surface area contributed by atoms with Gasteiger partial charge in [0.1, 0.15) is 16.9 Å². The third kappa shape index (κ3) is 7.71. The Labute approximate surface area is 265 Å². The minimum Gasteiger partial charge on any atom is -0.450 e. The van der Waals surface area contributed by atoms with Gasteiger partial charge in [0.05, 0.1) is 41.6 Å². The molecule has 0 spiro atoms. The van der Waals surface area contributed by atoms with Gasteiger partial charge in [0.15, 0.2) is 5.78 Å². The van der Waals surface area contributed by atoms with E-state index in [1.165, 1.54) is 0 Å². The molecule has 6 rings (SSSR count). The molecule has 1 radical (unpaired) electrons. The fraction of sp³-hybridized carbons (Fsp3) is 0.161. The Balaban J connectivity index is 0.000000205. The van der Waals surface area contributed by atoms with Crippen LogP contribution in [0.4, 0.5) is 0 Å². The molecule has 6 N–H and O–H groups in total. The van der Waals surface area contributed by atoms with Crippen molar-refractivity contribution in [1.82, 2.24) is 34.4 Å². The largest absolute Gasteiger partial charge is 0.488 e. The molecule has 0 bridgehead atoms. The summed E-state index contributed by atoms with van der Waals surface area (Å²) in [4.78, 5) is 40.3. The van der Waals surface area contributed by atoms with Crippen molar-refractivity contribution < 1.29 is 30.1 Å². The van der Waals surface area contributed by atoms with Gasteiger partial charge in [-0.2, -0.15) is 0 Å². The number of Topliss-reactive ketones (excluding diaryl/α,β-unsaturated/α-hetero) is 1. The Kier molecular flexibility index (Phi) is 11.1. The van der Waals surface area contributed by atoms with E-state index >= 15 is 0 Å². The molecule has 4 aromatic heterocycles. The van der Waals surface area contributed by atoms with Gasteiger partial charge in [-0.15, -0.1) is 0 Å². The van der Waals surface area contributed by atoms with Crippen LogP contribution in [0.25, 0.3) is 22.1 Å². The van der Waals surface area contributed by atoms with Crippen LogP contribution >= 0.6 is 0 Å². The highest BCUT2D eigenvalue weighted by Crippen LogP contribution is 2.16. The highest BCUT2D eigenvalue weighted by molar-refractivity contribution is 6.58. The molecule has 1 amide bonds. The molecule has 0 fully saturated rings. The van der Waals surface area contributed by atoms with Crippen LogP contribution in [0.1, 0.15) is 45.4 Å². The van der Waals surface area contributed by atoms with Crippen LogP contribution in [-0.4, -0.2) is 83.0 Å². The Morgan fingerprint density at radius 3 is 1.98 bits per heavy atom. The number of hydrogen-bond acceptors (Lipinski definition) is 9. The molecule has 13 nitrogen and oxygen atoms in total. The summed E-state index contributed by atoms with van der Waals surface area (Å²) < 4.78 is 3.90. The number of fused-ring (bicyclic) bond motifs is 2. The zero-order chi connectivity index (χ0) is 31.9. The first-order chi connectivity index (χ1) is 21.8. The summed E-state index contributed by atoms with van der Waals surface area (Å²) in [6, 6.07) is 18.0. The number of rotatable bonds is 9. The van der Waals surface area contributed by atoms with Crippen molar-refractivity contribution >= 4 is 59.3 Å². The van der Waals surface area contributed by atoms with Crippen LogP contribution in [-0.2, 0) is 13.1 Å². The summed E-state index contributed by atoms with van der Waals surface area (Å²) in [7, 11) is 1.17. The predicted molar refractivity (Wildman–Crippen MR) is 175 cm³/mol. The number of amides is 1. The van der Waals surface area contributed by atoms with E-state index in [1.807, 2.05) is 52.5 Å². The van der Waals surface area contributed by atoms with Gasteiger partial charge in [0.25, 0.3) is 5.91 Å². The average Bonchev–Trinajstić information content (AvgIpc) is 3.67. The van der Waals surface area contributed by atoms with E-state index in [0.29, 0.717) is 36.4 Å². The lowest BCUT2D eigenvalue weighted by Crippen LogP contribution is -2.29. The van der Waals surface area contributed by atoms with Crippen LogP contribution in [0.3, 0.4) is 0 Å². The van der Waals surface area contributed by atoms with Gasteiger partial charge in [0.2, 0.25) is 0 Å². The molecular weight excluding hydrogens is 588 g/mol. The van der Waals surface area contributed by atoms with Gasteiger partial charge in [-0.1, -0.05) is 60.9 Å². The number of benzene rings is 2. The van der Waals surface area contributed by atoms with Crippen molar-refractivity contribution in [1.29, 1.82) is 0 Å². The molecule has 4 heterocycles. The number of ketones is 1. The smallest absolute Gasteiger partial charge is 0.450 e. The second-order valence-corrected chi connectivity index (χ2v) is 10.2. The fourth-order valence-corrected chi connectivity index (χ4v) is 4.65. The van der Waals surface area contributed by atoms with Crippen LogP contribution < -0.4 is 16.2 Å². The van der Waals surface area contributed by atoms with Crippen molar-refractivity contribution in [2.75, 3.05) is 7.05 Å². The van der Waals surface area contributed by atoms with E-state index in [4.69, 9.17) is 15.1 Å². The Hall–Kier alpha value is -5.21. The number of imidazole rings is 2. The van der Waals surface area contributed by atoms with E-state index in [0.717, 1.165) is 46.1 Å². The molecular formula is C31H32B2N7O6. The van der Waals surface area contributed by atoms with E-state index in [9.17, 15) is 9.59 Å². The van der Waals surface area contributed by atoms with Gasteiger partial charge in [0, 0.05) is 26.6 Å². The number of carbonyl (C=O) groups is 2. The van der Waals surface area contributed by atoms with Crippen LogP contribution in [0.2, 0.25) is 0 Å². The molecule has 0 aliphatic carbocycles. The minimum atomic E-state index is -1.47. The van der Waals surface area contributed by atoms with Crippen LogP contribution in [0.5, 0.6) is 0 Å².